The lowest BCUT2D eigenvalue weighted by molar-refractivity contribution is 0.0601. The Morgan fingerprint density at radius 1 is 1.00 bits per heavy atom. The van der Waals surface area contributed by atoms with Crippen LogP contribution in [0.15, 0.2) is 54.6 Å². The smallest absolute Gasteiger partial charge is 0.337 e. The molecule has 7 nitrogen and oxygen atoms in total. The summed E-state index contributed by atoms with van der Waals surface area (Å²) in [6, 6.07) is 16.7. The molecule has 0 aliphatic carbocycles. The fourth-order valence-corrected chi connectivity index (χ4v) is 2.75. The highest BCUT2D eigenvalue weighted by molar-refractivity contribution is 5.90. The quantitative estimate of drug-likeness (QED) is 0.602. The molecule has 2 aromatic carbocycles. The summed E-state index contributed by atoms with van der Waals surface area (Å²) in [5.74, 6) is 2.36. The summed E-state index contributed by atoms with van der Waals surface area (Å²) >= 11 is 0. The van der Waals surface area contributed by atoms with Gasteiger partial charge >= 0.3 is 5.97 Å². The summed E-state index contributed by atoms with van der Waals surface area (Å²) in [4.78, 5) is 20.5. The van der Waals surface area contributed by atoms with E-state index in [4.69, 9.17) is 9.47 Å². The van der Waals surface area contributed by atoms with Gasteiger partial charge in [-0.25, -0.2) is 14.8 Å². The Hall–Kier alpha value is -3.61. The molecule has 0 atom stereocenters. The second kappa shape index (κ2) is 8.85. The van der Waals surface area contributed by atoms with Crippen LogP contribution in [0.3, 0.4) is 0 Å². The first kappa shape index (κ1) is 19.2. The molecule has 0 saturated heterocycles. The van der Waals surface area contributed by atoms with Gasteiger partial charge in [-0.2, -0.15) is 0 Å². The number of nitrogens with zero attached hydrogens (tertiary/aromatic N) is 2. The van der Waals surface area contributed by atoms with Gasteiger partial charge in [-0.05, 0) is 31.2 Å². The van der Waals surface area contributed by atoms with Gasteiger partial charge in [0.25, 0.3) is 0 Å². The van der Waals surface area contributed by atoms with Gasteiger partial charge < -0.3 is 20.1 Å². The van der Waals surface area contributed by atoms with Crippen molar-refractivity contribution in [2.45, 2.75) is 13.5 Å². The Morgan fingerprint density at radius 2 is 1.79 bits per heavy atom. The van der Waals surface area contributed by atoms with E-state index in [0.29, 0.717) is 29.6 Å². The van der Waals surface area contributed by atoms with E-state index in [-0.39, 0.29) is 5.97 Å². The zero-order valence-electron chi connectivity index (χ0n) is 16.0. The highest BCUT2D eigenvalue weighted by Gasteiger charge is 2.08. The Labute approximate surface area is 163 Å². The minimum atomic E-state index is -0.387. The molecule has 0 spiro atoms. The molecule has 0 bridgehead atoms. The van der Waals surface area contributed by atoms with Gasteiger partial charge in [0.05, 0.1) is 19.8 Å². The zero-order valence-corrected chi connectivity index (χ0v) is 16.0. The van der Waals surface area contributed by atoms with Crippen LogP contribution in [0.5, 0.6) is 5.75 Å². The topological polar surface area (TPSA) is 85.4 Å². The van der Waals surface area contributed by atoms with E-state index >= 15 is 0 Å². The van der Waals surface area contributed by atoms with E-state index in [2.05, 4.69) is 20.6 Å². The van der Waals surface area contributed by atoms with E-state index in [0.717, 1.165) is 17.0 Å². The average Bonchev–Trinajstić information content (AvgIpc) is 2.71. The summed E-state index contributed by atoms with van der Waals surface area (Å²) in [5.41, 5.74) is 2.23. The standard InChI is InChI=1S/C21H22N4O3/c1-14-23-19(22-13-16-7-4-5-10-18(16)27-2)12-20(24-14)25-17-9-6-8-15(11-17)21(26)28-3/h4-12H,13H2,1-3H3,(H2,22,23,24,25). The van der Waals surface area contributed by atoms with Crippen LogP contribution in [-0.2, 0) is 11.3 Å². The summed E-state index contributed by atoms with van der Waals surface area (Å²) in [5, 5.41) is 6.50. The van der Waals surface area contributed by atoms with Gasteiger partial charge in [0.2, 0.25) is 0 Å². The lowest BCUT2D eigenvalue weighted by atomic mass is 10.2. The molecule has 3 aromatic rings. The summed E-state index contributed by atoms with van der Waals surface area (Å²) in [6.07, 6.45) is 0. The minimum Gasteiger partial charge on any atom is -0.496 e. The number of benzene rings is 2. The molecule has 0 aliphatic heterocycles. The van der Waals surface area contributed by atoms with E-state index in [1.165, 1.54) is 7.11 Å². The van der Waals surface area contributed by atoms with Gasteiger partial charge in [-0.3, -0.25) is 0 Å². The molecule has 0 aliphatic rings. The maximum absolute atomic E-state index is 11.7. The van der Waals surface area contributed by atoms with Crippen molar-refractivity contribution in [2.75, 3.05) is 24.9 Å². The van der Waals surface area contributed by atoms with Crippen molar-refractivity contribution < 1.29 is 14.3 Å². The van der Waals surface area contributed by atoms with Gasteiger partial charge in [0, 0.05) is 23.9 Å². The number of carbonyl (C=O) groups is 1. The largest absolute Gasteiger partial charge is 0.496 e. The SMILES string of the molecule is COC(=O)c1cccc(Nc2cc(NCc3ccccc3OC)nc(C)n2)c1. The third-order valence-corrected chi connectivity index (χ3v) is 4.05. The van der Waals surface area contributed by atoms with Crippen molar-refractivity contribution in [1.29, 1.82) is 0 Å². The van der Waals surface area contributed by atoms with E-state index < -0.39 is 0 Å². The number of aryl methyl sites for hydroxylation is 1. The number of para-hydroxylation sites is 1. The molecular formula is C21H22N4O3. The predicted molar refractivity (Wildman–Crippen MR) is 108 cm³/mol. The maximum Gasteiger partial charge on any atom is 0.337 e. The molecule has 2 N–H and O–H groups in total. The number of aromatic nitrogens is 2. The van der Waals surface area contributed by atoms with Crippen LogP contribution in [-0.4, -0.2) is 30.2 Å². The molecule has 1 heterocycles. The number of nitrogens with one attached hydrogen (secondary N) is 2. The van der Waals surface area contributed by atoms with Crippen molar-refractivity contribution in [3.8, 4) is 5.75 Å². The van der Waals surface area contributed by atoms with Gasteiger partial charge in [-0.15, -0.1) is 0 Å². The number of carbonyl (C=O) groups excluding carboxylic acids is 1. The number of methoxy groups -OCH3 is 2. The lowest BCUT2D eigenvalue weighted by Crippen LogP contribution is -2.06. The highest BCUT2D eigenvalue weighted by atomic mass is 16.5. The number of rotatable bonds is 7. The third-order valence-electron chi connectivity index (χ3n) is 4.05. The fraction of sp³-hybridized carbons (Fsp3) is 0.190. The molecule has 0 radical (unpaired) electrons. The van der Waals surface area contributed by atoms with Crippen molar-refractivity contribution in [3.05, 3.63) is 71.5 Å². The maximum atomic E-state index is 11.7. The number of esters is 1. The van der Waals surface area contributed by atoms with Crippen molar-refractivity contribution in [3.63, 3.8) is 0 Å². The summed E-state index contributed by atoms with van der Waals surface area (Å²) in [7, 11) is 3.01. The van der Waals surface area contributed by atoms with E-state index in [1.807, 2.05) is 43.3 Å². The van der Waals surface area contributed by atoms with Crippen LogP contribution < -0.4 is 15.4 Å². The Kier molecular flexibility index (Phi) is 6.06. The molecule has 0 amide bonds. The van der Waals surface area contributed by atoms with Crippen LogP contribution in [0.4, 0.5) is 17.3 Å². The first-order valence-corrected chi connectivity index (χ1v) is 8.76. The monoisotopic (exact) mass is 378 g/mol. The first-order valence-electron chi connectivity index (χ1n) is 8.76. The van der Waals surface area contributed by atoms with Crippen LogP contribution in [0, 0.1) is 6.92 Å². The molecular weight excluding hydrogens is 356 g/mol. The predicted octanol–water partition coefficient (Wildman–Crippen LogP) is 3.94. The highest BCUT2D eigenvalue weighted by Crippen LogP contribution is 2.21. The van der Waals surface area contributed by atoms with Crippen molar-refractivity contribution in [1.82, 2.24) is 9.97 Å². The molecule has 1 aromatic heterocycles. The van der Waals surface area contributed by atoms with E-state index in [1.54, 1.807) is 25.3 Å². The summed E-state index contributed by atoms with van der Waals surface area (Å²) < 4.78 is 10.1. The van der Waals surface area contributed by atoms with Crippen molar-refractivity contribution in [2.24, 2.45) is 0 Å². The number of anilines is 3. The molecule has 7 heteroatoms. The number of hydrogen-bond acceptors (Lipinski definition) is 7. The minimum absolute atomic E-state index is 0.387. The Bertz CT molecular complexity index is 975. The van der Waals surface area contributed by atoms with Gasteiger partial charge in [0.15, 0.2) is 0 Å². The Balaban J connectivity index is 1.75. The molecule has 28 heavy (non-hydrogen) atoms. The van der Waals surface area contributed by atoms with Crippen LogP contribution in [0.25, 0.3) is 0 Å². The molecule has 0 saturated carbocycles. The second-order valence-corrected chi connectivity index (χ2v) is 6.05. The molecule has 144 valence electrons. The molecule has 0 fully saturated rings. The van der Waals surface area contributed by atoms with Crippen LogP contribution in [0.1, 0.15) is 21.7 Å². The van der Waals surface area contributed by atoms with Crippen LogP contribution >= 0.6 is 0 Å². The lowest BCUT2D eigenvalue weighted by Gasteiger charge is -2.12. The zero-order chi connectivity index (χ0) is 19.9. The Morgan fingerprint density at radius 3 is 2.57 bits per heavy atom. The number of hydrogen-bond donors (Lipinski definition) is 2. The second-order valence-electron chi connectivity index (χ2n) is 6.05. The van der Waals surface area contributed by atoms with Crippen LogP contribution in [0.2, 0.25) is 0 Å². The first-order chi connectivity index (χ1) is 13.6. The van der Waals surface area contributed by atoms with Crippen molar-refractivity contribution >= 4 is 23.3 Å². The van der Waals surface area contributed by atoms with Gasteiger partial charge in [0.1, 0.15) is 23.2 Å². The third kappa shape index (κ3) is 4.76. The number of ether oxygens (including phenoxy) is 2. The van der Waals surface area contributed by atoms with Gasteiger partial charge in [-0.1, -0.05) is 24.3 Å². The summed E-state index contributed by atoms with van der Waals surface area (Å²) in [6.45, 7) is 2.39. The average molecular weight is 378 g/mol. The molecule has 3 rings (SSSR count). The fourth-order valence-electron chi connectivity index (χ4n) is 2.75. The molecule has 0 unspecified atom stereocenters. The van der Waals surface area contributed by atoms with E-state index in [9.17, 15) is 4.79 Å². The normalized spacial score (nSPS) is 10.2.